The molecule has 1 aromatic carbocycles. The summed E-state index contributed by atoms with van der Waals surface area (Å²) in [6, 6.07) is 12.0. The Morgan fingerprint density at radius 3 is 2.56 bits per heavy atom. The van der Waals surface area contributed by atoms with Gasteiger partial charge in [0.05, 0.1) is 6.10 Å². The molecule has 0 spiro atoms. The van der Waals surface area contributed by atoms with E-state index < -0.39 is 6.10 Å². The van der Waals surface area contributed by atoms with E-state index in [0.29, 0.717) is 6.42 Å². The molecule has 0 aliphatic carbocycles. The third-order valence-electron chi connectivity index (χ3n) is 2.89. The van der Waals surface area contributed by atoms with E-state index in [-0.39, 0.29) is 0 Å². The largest absolute Gasteiger partial charge is 0.388 e. The van der Waals surface area contributed by atoms with Crippen LogP contribution in [0.4, 0.5) is 0 Å². The zero-order valence-corrected chi connectivity index (χ0v) is 11.7. The second kappa shape index (κ2) is 6.14. The van der Waals surface area contributed by atoms with Crippen molar-refractivity contribution in [1.29, 1.82) is 0 Å². The highest BCUT2D eigenvalue weighted by Crippen LogP contribution is 2.25. The van der Waals surface area contributed by atoms with E-state index in [0.717, 1.165) is 12.1 Å². The minimum Gasteiger partial charge on any atom is -0.388 e. The highest BCUT2D eigenvalue weighted by Gasteiger charge is 2.12. The van der Waals surface area contributed by atoms with Crippen molar-refractivity contribution in [2.45, 2.75) is 19.1 Å². The molecule has 2 nitrogen and oxygen atoms in total. The number of hydrogen-bond acceptors (Lipinski definition) is 3. The maximum absolute atomic E-state index is 10.2. The molecule has 96 valence electrons. The van der Waals surface area contributed by atoms with Crippen LogP contribution >= 0.6 is 11.3 Å². The van der Waals surface area contributed by atoms with Crippen LogP contribution in [0.2, 0.25) is 0 Å². The SMILES string of the molecule is CN(C)Cc1ccsc1CC(O)c1ccccc1. The lowest BCUT2D eigenvalue weighted by Crippen LogP contribution is -2.12. The fourth-order valence-electron chi connectivity index (χ4n) is 2.00. The second-order valence-corrected chi connectivity index (χ2v) is 5.74. The summed E-state index contributed by atoms with van der Waals surface area (Å²) in [4.78, 5) is 3.43. The van der Waals surface area contributed by atoms with Crippen molar-refractivity contribution in [3.63, 3.8) is 0 Å². The molecule has 2 rings (SSSR count). The number of aliphatic hydroxyl groups is 1. The molecule has 1 aromatic heterocycles. The lowest BCUT2D eigenvalue weighted by molar-refractivity contribution is 0.179. The quantitative estimate of drug-likeness (QED) is 0.894. The molecule has 1 N–H and O–H groups in total. The van der Waals surface area contributed by atoms with Crippen LogP contribution in [-0.4, -0.2) is 24.1 Å². The van der Waals surface area contributed by atoms with Crippen molar-refractivity contribution in [3.8, 4) is 0 Å². The van der Waals surface area contributed by atoms with Crippen LogP contribution in [0.15, 0.2) is 41.8 Å². The van der Waals surface area contributed by atoms with E-state index in [1.54, 1.807) is 11.3 Å². The van der Waals surface area contributed by atoms with Crippen molar-refractivity contribution < 1.29 is 5.11 Å². The normalized spacial score (nSPS) is 12.9. The molecule has 0 amide bonds. The van der Waals surface area contributed by atoms with E-state index in [1.807, 2.05) is 30.3 Å². The predicted octanol–water partition coefficient (Wildman–Crippen LogP) is 3.09. The second-order valence-electron chi connectivity index (χ2n) is 4.74. The zero-order valence-electron chi connectivity index (χ0n) is 10.8. The van der Waals surface area contributed by atoms with Gasteiger partial charge in [0.15, 0.2) is 0 Å². The Balaban J connectivity index is 2.08. The first kappa shape index (κ1) is 13.3. The fourth-order valence-corrected chi connectivity index (χ4v) is 2.93. The van der Waals surface area contributed by atoms with Gasteiger partial charge >= 0.3 is 0 Å². The molecule has 0 saturated carbocycles. The van der Waals surface area contributed by atoms with Crippen LogP contribution in [0.3, 0.4) is 0 Å². The summed E-state index contributed by atoms with van der Waals surface area (Å²) >= 11 is 1.73. The van der Waals surface area contributed by atoms with Gasteiger partial charge < -0.3 is 10.0 Å². The molecule has 0 radical (unpaired) electrons. The Morgan fingerprint density at radius 1 is 1.17 bits per heavy atom. The molecule has 0 aliphatic rings. The summed E-state index contributed by atoms with van der Waals surface area (Å²) in [6.07, 6.45) is 0.288. The van der Waals surface area contributed by atoms with Crippen LogP contribution in [0.5, 0.6) is 0 Å². The van der Waals surface area contributed by atoms with Gasteiger partial charge in [-0.15, -0.1) is 11.3 Å². The van der Waals surface area contributed by atoms with Gasteiger partial charge in [-0.25, -0.2) is 0 Å². The standard InChI is InChI=1S/C15H19NOS/c1-16(2)11-13-8-9-18-15(13)10-14(17)12-6-4-3-5-7-12/h3-9,14,17H,10-11H2,1-2H3. The summed E-state index contributed by atoms with van der Waals surface area (Å²) in [7, 11) is 4.13. The predicted molar refractivity (Wildman–Crippen MR) is 76.8 cm³/mol. The highest BCUT2D eigenvalue weighted by molar-refractivity contribution is 7.10. The van der Waals surface area contributed by atoms with Crippen LogP contribution in [-0.2, 0) is 13.0 Å². The van der Waals surface area contributed by atoms with Gasteiger partial charge in [-0.3, -0.25) is 0 Å². The van der Waals surface area contributed by atoms with E-state index >= 15 is 0 Å². The van der Waals surface area contributed by atoms with E-state index in [2.05, 4.69) is 30.4 Å². The van der Waals surface area contributed by atoms with Crippen LogP contribution in [0.25, 0.3) is 0 Å². The van der Waals surface area contributed by atoms with Crippen molar-refractivity contribution in [2.24, 2.45) is 0 Å². The molecule has 2 aromatic rings. The first-order valence-electron chi connectivity index (χ1n) is 6.10. The number of hydrogen-bond donors (Lipinski definition) is 1. The number of benzene rings is 1. The summed E-state index contributed by atoms with van der Waals surface area (Å²) in [5.41, 5.74) is 2.31. The first-order valence-corrected chi connectivity index (χ1v) is 6.98. The molecule has 3 heteroatoms. The number of aliphatic hydroxyl groups excluding tert-OH is 1. The van der Waals surface area contributed by atoms with Gasteiger partial charge in [-0.05, 0) is 36.7 Å². The van der Waals surface area contributed by atoms with Gasteiger partial charge in [0.2, 0.25) is 0 Å². The van der Waals surface area contributed by atoms with Crippen LogP contribution in [0, 0.1) is 0 Å². The minimum absolute atomic E-state index is 0.411. The summed E-state index contributed by atoms with van der Waals surface area (Å²) in [6.45, 7) is 0.931. The number of nitrogens with zero attached hydrogens (tertiary/aromatic N) is 1. The van der Waals surface area contributed by atoms with E-state index in [4.69, 9.17) is 0 Å². The van der Waals surface area contributed by atoms with Crippen LogP contribution < -0.4 is 0 Å². The Morgan fingerprint density at radius 2 is 1.89 bits per heavy atom. The monoisotopic (exact) mass is 261 g/mol. The topological polar surface area (TPSA) is 23.5 Å². The Kier molecular flexibility index (Phi) is 4.53. The zero-order chi connectivity index (χ0) is 13.0. The lowest BCUT2D eigenvalue weighted by atomic mass is 10.0. The van der Waals surface area contributed by atoms with Crippen LogP contribution in [0.1, 0.15) is 22.1 Å². The van der Waals surface area contributed by atoms with E-state index in [1.165, 1.54) is 10.4 Å². The molecular formula is C15H19NOS. The first-order chi connectivity index (χ1) is 8.66. The third-order valence-corrected chi connectivity index (χ3v) is 3.87. The number of thiophene rings is 1. The molecule has 1 unspecified atom stereocenters. The molecular weight excluding hydrogens is 242 g/mol. The third kappa shape index (κ3) is 3.42. The molecule has 0 fully saturated rings. The summed E-state index contributed by atoms with van der Waals surface area (Å²) < 4.78 is 0. The molecule has 18 heavy (non-hydrogen) atoms. The van der Waals surface area contributed by atoms with Gasteiger partial charge in [-0.2, -0.15) is 0 Å². The maximum Gasteiger partial charge on any atom is 0.0838 e. The molecule has 0 aliphatic heterocycles. The Labute approximate surface area is 113 Å². The van der Waals surface area contributed by atoms with Crippen molar-refractivity contribution in [3.05, 3.63) is 57.8 Å². The van der Waals surface area contributed by atoms with Gasteiger partial charge in [-0.1, -0.05) is 30.3 Å². The fraction of sp³-hybridized carbons (Fsp3) is 0.333. The minimum atomic E-state index is -0.411. The van der Waals surface area contributed by atoms with E-state index in [9.17, 15) is 5.11 Å². The number of rotatable bonds is 5. The smallest absolute Gasteiger partial charge is 0.0838 e. The average Bonchev–Trinajstić information content (AvgIpc) is 2.77. The van der Waals surface area contributed by atoms with Crippen molar-refractivity contribution in [1.82, 2.24) is 4.90 Å². The van der Waals surface area contributed by atoms with Crippen molar-refractivity contribution in [2.75, 3.05) is 14.1 Å². The highest BCUT2D eigenvalue weighted by atomic mass is 32.1. The maximum atomic E-state index is 10.2. The molecule has 1 heterocycles. The average molecular weight is 261 g/mol. The molecule has 1 atom stereocenters. The van der Waals surface area contributed by atoms with Crippen molar-refractivity contribution >= 4 is 11.3 Å². The molecule has 0 saturated heterocycles. The van der Waals surface area contributed by atoms with Gasteiger partial charge in [0.25, 0.3) is 0 Å². The Bertz CT molecular complexity index is 478. The summed E-state index contributed by atoms with van der Waals surface area (Å²) in [5.74, 6) is 0. The lowest BCUT2D eigenvalue weighted by Gasteiger charge is -2.13. The van der Waals surface area contributed by atoms with Gasteiger partial charge in [0, 0.05) is 17.8 Å². The van der Waals surface area contributed by atoms with Gasteiger partial charge in [0.1, 0.15) is 0 Å². The molecule has 0 bridgehead atoms. The summed E-state index contributed by atoms with van der Waals surface area (Å²) in [5, 5.41) is 12.3. The Hall–Kier alpha value is -1.16.